The molecule has 8 heteroatoms. The number of hydrogen-bond acceptors (Lipinski definition) is 5. The van der Waals surface area contributed by atoms with Gasteiger partial charge in [0.1, 0.15) is 15.4 Å². The van der Waals surface area contributed by atoms with Crippen LogP contribution in [0.1, 0.15) is 30.4 Å². The number of hydrogen-bond donors (Lipinski definition) is 1. The number of fused-ring (bicyclic) bond motifs is 1. The van der Waals surface area contributed by atoms with Crippen LogP contribution in [0.25, 0.3) is 11.2 Å². The summed E-state index contributed by atoms with van der Waals surface area (Å²) in [4.78, 5) is 21.0. The molecule has 22 heavy (non-hydrogen) atoms. The maximum absolute atomic E-state index is 12.5. The molecule has 118 valence electrons. The smallest absolute Gasteiger partial charge is 0.287 e. The van der Waals surface area contributed by atoms with E-state index in [1.165, 1.54) is 0 Å². The van der Waals surface area contributed by atoms with Crippen LogP contribution >= 0.6 is 0 Å². The van der Waals surface area contributed by atoms with Crippen LogP contribution in [0.4, 0.5) is 0 Å². The number of rotatable bonds is 2. The molecule has 0 atom stereocenters. The number of carbonyl (C=O) groups is 1. The molecule has 0 aliphatic carbocycles. The molecule has 1 amide bonds. The molecule has 2 aromatic heterocycles. The fraction of sp³-hybridized carbons (Fsp3) is 0.500. The molecule has 2 aromatic rings. The monoisotopic (exact) mass is 322 g/mol. The van der Waals surface area contributed by atoms with E-state index in [1.54, 1.807) is 29.9 Å². The maximum Gasteiger partial charge on any atom is 0.287 e. The highest BCUT2D eigenvalue weighted by atomic mass is 32.2. The lowest BCUT2D eigenvalue weighted by Gasteiger charge is -2.34. The zero-order chi connectivity index (χ0) is 16.0. The minimum atomic E-state index is -2.97. The molecule has 0 aromatic carbocycles. The van der Waals surface area contributed by atoms with Crippen molar-refractivity contribution in [1.29, 1.82) is 0 Å². The van der Waals surface area contributed by atoms with E-state index in [2.05, 4.69) is 15.3 Å². The first-order valence-corrected chi connectivity index (χ1v) is 8.92. The molecule has 0 unspecified atom stereocenters. The molecule has 0 radical (unpaired) electrons. The molecule has 1 aliphatic rings. The second kappa shape index (κ2) is 5.05. The summed E-state index contributed by atoms with van der Waals surface area (Å²) in [7, 11) is -1.22. The molecule has 1 saturated heterocycles. The van der Waals surface area contributed by atoms with Crippen molar-refractivity contribution in [3.8, 4) is 0 Å². The average Bonchev–Trinajstić information content (AvgIpc) is 2.81. The Morgan fingerprint density at radius 1 is 1.36 bits per heavy atom. The Bertz CT molecular complexity index is 827. The van der Waals surface area contributed by atoms with E-state index in [-0.39, 0.29) is 23.2 Å². The van der Waals surface area contributed by atoms with Gasteiger partial charge in [0, 0.05) is 18.8 Å². The van der Waals surface area contributed by atoms with Gasteiger partial charge in [0.2, 0.25) is 5.82 Å². The minimum Gasteiger partial charge on any atom is -0.344 e. The van der Waals surface area contributed by atoms with Crippen LogP contribution < -0.4 is 5.32 Å². The molecule has 1 N–H and O–H groups in total. The molecular weight excluding hydrogens is 304 g/mol. The van der Waals surface area contributed by atoms with E-state index in [0.717, 1.165) is 0 Å². The standard InChI is InChI=1S/C14H18N4O3S/c1-14(5-8-22(20,21)9-6-14)17-13(19)12-16-10-4-3-7-15-11(10)18(12)2/h3-4,7H,5-6,8-9H2,1-2H3,(H,17,19). The first-order valence-electron chi connectivity index (χ1n) is 7.10. The number of sulfone groups is 1. The molecule has 7 nitrogen and oxygen atoms in total. The summed E-state index contributed by atoms with van der Waals surface area (Å²) in [6, 6.07) is 3.57. The van der Waals surface area contributed by atoms with Gasteiger partial charge in [0.25, 0.3) is 5.91 Å². The van der Waals surface area contributed by atoms with Crippen LogP contribution in [-0.2, 0) is 16.9 Å². The summed E-state index contributed by atoms with van der Waals surface area (Å²) in [5, 5.41) is 2.94. The van der Waals surface area contributed by atoms with Crippen molar-refractivity contribution < 1.29 is 13.2 Å². The van der Waals surface area contributed by atoms with Crippen molar-refractivity contribution >= 4 is 26.9 Å². The van der Waals surface area contributed by atoms with Crippen molar-refractivity contribution in [1.82, 2.24) is 19.9 Å². The first kappa shape index (κ1) is 15.0. The van der Waals surface area contributed by atoms with Gasteiger partial charge in [-0.1, -0.05) is 0 Å². The lowest BCUT2D eigenvalue weighted by molar-refractivity contribution is 0.0886. The average molecular weight is 322 g/mol. The van der Waals surface area contributed by atoms with Gasteiger partial charge in [0.05, 0.1) is 11.5 Å². The highest BCUT2D eigenvalue weighted by Gasteiger charge is 2.35. The molecule has 0 spiro atoms. The zero-order valence-corrected chi connectivity index (χ0v) is 13.4. The van der Waals surface area contributed by atoms with E-state index in [4.69, 9.17) is 0 Å². The van der Waals surface area contributed by atoms with Crippen molar-refractivity contribution in [2.24, 2.45) is 7.05 Å². The molecule has 3 rings (SSSR count). The summed E-state index contributed by atoms with van der Waals surface area (Å²) in [6.45, 7) is 1.88. The van der Waals surface area contributed by atoms with Crippen molar-refractivity contribution in [3.63, 3.8) is 0 Å². The number of imidazole rings is 1. The molecular formula is C14H18N4O3S. The Morgan fingerprint density at radius 3 is 2.68 bits per heavy atom. The van der Waals surface area contributed by atoms with Crippen LogP contribution in [0.3, 0.4) is 0 Å². The Hall–Kier alpha value is -1.96. The zero-order valence-electron chi connectivity index (χ0n) is 12.5. The van der Waals surface area contributed by atoms with Crippen LogP contribution in [0, 0.1) is 0 Å². The number of nitrogens with one attached hydrogen (secondary N) is 1. The largest absolute Gasteiger partial charge is 0.344 e. The summed E-state index contributed by atoms with van der Waals surface area (Å²) in [6.07, 6.45) is 2.49. The number of carbonyl (C=O) groups excluding carboxylic acids is 1. The highest BCUT2D eigenvalue weighted by Crippen LogP contribution is 2.24. The SMILES string of the molecule is Cn1c(C(=O)NC2(C)CCS(=O)(=O)CC2)nc2cccnc21. The normalized spacial score (nSPS) is 19.9. The summed E-state index contributed by atoms with van der Waals surface area (Å²) in [5.41, 5.74) is 0.782. The Kier molecular flexibility index (Phi) is 3.43. The first-order chi connectivity index (χ1) is 10.3. The van der Waals surface area contributed by atoms with Gasteiger partial charge < -0.3 is 9.88 Å². The third kappa shape index (κ3) is 2.70. The third-order valence-corrected chi connectivity index (χ3v) is 5.83. The van der Waals surface area contributed by atoms with E-state index in [0.29, 0.717) is 24.0 Å². The quantitative estimate of drug-likeness (QED) is 0.877. The second-order valence-electron chi connectivity index (χ2n) is 6.01. The molecule has 3 heterocycles. The number of pyridine rings is 1. The van der Waals surface area contributed by atoms with Crippen LogP contribution in [0.15, 0.2) is 18.3 Å². The van der Waals surface area contributed by atoms with E-state index in [9.17, 15) is 13.2 Å². The Balaban J connectivity index is 1.83. The van der Waals surface area contributed by atoms with E-state index in [1.807, 2.05) is 6.92 Å². The lowest BCUT2D eigenvalue weighted by Crippen LogP contribution is -2.51. The summed E-state index contributed by atoms with van der Waals surface area (Å²) in [5.74, 6) is 0.188. The van der Waals surface area contributed by atoms with Crippen LogP contribution in [-0.4, -0.2) is 45.9 Å². The number of amides is 1. The Morgan fingerprint density at radius 2 is 2.05 bits per heavy atom. The second-order valence-corrected chi connectivity index (χ2v) is 8.31. The number of nitrogens with zero attached hydrogens (tertiary/aromatic N) is 3. The van der Waals surface area contributed by atoms with Gasteiger partial charge in [0.15, 0.2) is 5.65 Å². The van der Waals surface area contributed by atoms with Crippen LogP contribution in [0.5, 0.6) is 0 Å². The maximum atomic E-state index is 12.5. The van der Waals surface area contributed by atoms with Crippen molar-refractivity contribution in [2.75, 3.05) is 11.5 Å². The number of aryl methyl sites for hydroxylation is 1. The van der Waals surface area contributed by atoms with Gasteiger partial charge in [-0.05, 0) is 31.9 Å². The van der Waals surface area contributed by atoms with Crippen molar-refractivity contribution in [2.45, 2.75) is 25.3 Å². The number of aromatic nitrogens is 3. The van der Waals surface area contributed by atoms with E-state index < -0.39 is 15.4 Å². The van der Waals surface area contributed by atoms with Gasteiger partial charge in [-0.25, -0.2) is 18.4 Å². The summed E-state index contributed by atoms with van der Waals surface area (Å²) >= 11 is 0. The molecule has 1 fully saturated rings. The van der Waals surface area contributed by atoms with Crippen LogP contribution in [0.2, 0.25) is 0 Å². The van der Waals surface area contributed by atoms with Gasteiger partial charge >= 0.3 is 0 Å². The fourth-order valence-electron chi connectivity index (χ4n) is 2.67. The lowest BCUT2D eigenvalue weighted by atomic mass is 9.95. The summed E-state index contributed by atoms with van der Waals surface area (Å²) < 4.78 is 24.7. The predicted molar refractivity (Wildman–Crippen MR) is 82.3 cm³/mol. The molecule has 0 saturated carbocycles. The third-order valence-electron chi connectivity index (χ3n) is 4.18. The molecule has 1 aliphatic heterocycles. The van der Waals surface area contributed by atoms with Crippen molar-refractivity contribution in [3.05, 3.63) is 24.2 Å². The van der Waals surface area contributed by atoms with Gasteiger partial charge in [-0.15, -0.1) is 0 Å². The fourth-order valence-corrected chi connectivity index (χ4v) is 4.40. The highest BCUT2D eigenvalue weighted by molar-refractivity contribution is 7.91. The minimum absolute atomic E-state index is 0.105. The van der Waals surface area contributed by atoms with E-state index >= 15 is 0 Å². The van der Waals surface area contributed by atoms with Gasteiger partial charge in [-0.3, -0.25) is 4.79 Å². The topological polar surface area (TPSA) is 94.0 Å². The van der Waals surface area contributed by atoms with Gasteiger partial charge in [-0.2, -0.15) is 0 Å². The Labute approximate surface area is 128 Å². The molecule has 0 bridgehead atoms. The predicted octanol–water partition coefficient (Wildman–Crippen LogP) is 0.665.